The maximum absolute atomic E-state index is 12.6. The van der Waals surface area contributed by atoms with Gasteiger partial charge in [0.15, 0.2) is 6.61 Å². The minimum Gasteiger partial charge on any atom is -0.482 e. The number of halogens is 1. The van der Waals surface area contributed by atoms with E-state index in [9.17, 15) is 9.59 Å². The van der Waals surface area contributed by atoms with Gasteiger partial charge in [0.25, 0.3) is 5.91 Å². The smallest absolute Gasteiger partial charge is 0.265 e. The second-order valence-corrected chi connectivity index (χ2v) is 8.65. The van der Waals surface area contributed by atoms with Crippen molar-refractivity contribution < 1.29 is 14.3 Å². The predicted molar refractivity (Wildman–Crippen MR) is 131 cm³/mol. The zero-order valence-electron chi connectivity index (χ0n) is 17.3. The number of para-hydroxylation sites is 1. The van der Waals surface area contributed by atoms with Crippen LogP contribution >= 0.6 is 22.9 Å². The van der Waals surface area contributed by atoms with Crippen LogP contribution in [0.1, 0.15) is 0 Å². The number of carbonyl (C=O) groups is 2. The molecule has 2 amide bonds. The summed E-state index contributed by atoms with van der Waals surface area (Å²) >= 11 is 7.81. The lowest BCUT2D eigenvalue weighted by atomic mass is 10.1. The molecular formula is C25H18ClN3O3S. The van der Waals surface area contributed by atoms with Crippen molar-refractivity contribution in [3.8, 4) is 27.6 Å². The van der Waals surface area contributed by atoms with E-state index in [1.807, 2.05) is 60.0 Å². The predicted octanol–water partition coefficient (Wildman–Crippen LogP) is 5.49. The van der Waals surface area contributed by atoms with Gasteiger partial charge in [-0.2, -0.15) is 0 Å². The van der Waals surface area contributed by atoms with E-state index in [-0.39, 0.29) is 25.0 Å². The molecule has 8 heteroatoms. The standard InChI is InChI=1S/C25H18ClN3O3S/c26-19-9-5-4-8-18(19)25-28-20(15-33-25)16-10-11-22-21(12-16)29(24(31)14-32-22)13-23(30)27-17-6-2-1-3-7-17/h1-12,15H,13-14H2,(H,27,30). The Bertz CT molecular complexity index is 1340. The molecule has 0 atom stereocenters. The lowest BCUT2D eigenvalue weighted by molar-refractivity contribution is -0.123. The number of benzene rings is 3. The minimum atomic E-state index is -0.289. The number of ether oxygens (including phenoxy) is 1. The Morgan fingerprint density at radius 3 is 2.70 bits per heavy atom. The molecule has 164 valence electrons. The highest BCUT2D eigenvalue weighted by atomic mass is 35.5. The zero-order valence-corrected chi connectivity index (χ0v) is 18.9. The molecule has 0 aliphatic carbocycles. The number of thiazole rings is 1. The number of carbonyl (C=O) groups excluding carboxylic acids is 2. The highest BCUT2D eigenvalue weighted by molar-refractivity contribution is 7.13. The number of hydrogen-bond acceptors (Lipinski definition) is 5. The summed E-state index contributed by atoms with van der Waals surface area (Å²) in [4.78, 5) is 31.4. The Morgan fingerprint density at radius 2 is 1.88 bits per heavy atom. The molecule has 4 aromatic rings. The van der Waals surface area contributed by atoms with Crippen LogP contribution in [0.2, 0.25) is 5.02 Å². The van der Waals surface area contributed by atoms with Crippen LogP contribution in [0, 0.1) is 0 Å². The Kier molecular flexibility index (Phi) is 5.81. The third-order valence-electron chi connectivity index (χ3n) is 5.17. The maximum atomic E-state index is 12.6. The van der Waals surface area contributed by atoms with Gasteiger partial charge >= 0.3 is 0 Å². The molecule has 0 saturated carbocycles. The van der Waals surface area contributed by atoms with Crippen molar-refractivity contribution in [2.75, 3.05) is 23.4 Å². The zero-order chi connectivity index (χ0) is 22.8. The topological polar surface area (TPSA) is 71.5 Å². The lowest BCUT2D eigenvalue weighted by Crippen LogP contribution is -2.43. The van der Waals surface area contributed by atoms with E-state index in [2.05, 4.69) is 5.32 Å². The van der Waals surface area contributed by atoms with Crippen molar-refractivity contribution in [2.45, 2.75) is 0 Å². The Labute approximate surface area is 199 Å². The van der Waals surface area contributed by atoms with Crippen molar-refractivity contribution in [1.82, 2.24) is 4.98 Å². The van der Waals surface area contributed by atoms with E-state index >= 15 is 0 Å². The van der Waals surface area contributed by atoms with Gasteiger partial charge in [0, 0.05) is 22.2 Å². The van der Waals surface area contributed by atoms with E-state index in [1.54, 1.807) is 18.2 Å². The summed E-state index contributed by atoms with van der Waals surface area (Å²) in [7, 11) is 0. The summed E-state index contributed by atoms with van der Waals surface area (Å²) < 4.78 is 5.59. The quantitative estimate of drug-likeness (QED) is 0.414. The number of aromatic nitrogens is 1. The summed E-state index contributed by atoms with van der Waals surface area (Å²) in [5.41, 5.74) is 3.65. The van der Waals surface area contributed by atoms with Gasteiger partial charge in [-0.1, -0.05) is 48.0 Å². The molecule has 0 saturated heterocycles. The third-order valence-corrected chi connectivity index (χ3v) is 6.37. The molecule has 0 spiro atoms. The van der Waals surface area contributed by atoms with Gasteiger partial charge in [-0.25, -0.2) is 4.98 Å². The van der Waals surface area contributed by atoms with Gasteiger partial charge in [-0.15, -0.1) is 11.3 Å². The number of nitrogens with one attached hydrogen (secondary N) is 1. The number of hydrogen-bond donors (Lipinski definition) is 1. The molecule has 1 aromatic heterocycles. The highest BCUT2D eigenvalue weighted by Gasteiger charge is 2.28. The average Bonchev–Trinajstić information content (AvgIpc) is 3.32. The molecule has 1 N–H and O–H groups in total. The number of nitrogens with zero attached hydrogens (tertiary/aromatic N) is 2. The third kappa shape index (κ3) is 4.46. The van der Waals surface area contributed by atoms with E-state index in [0.717, 1.165) is 21.8 Å². The van der Waals surface area contributed by atoms with Crippen molar-refractivity contribution in [3.05, 3.63) is 83.2 Å². The van der Waals surface area contributed by atoms with Gasteiger partial charge in [0.2, 0.25) is 5.91 Å². The van der Waals surface area contributed by atoms with Crippen molar-refractivity contribution in [3.63, 3.8) is 0 Å². The number of fused-ring (bicyclic) bond motifs is 1. The molecular weight excluding hydrogens is 458 g/mol. The van der Waals surface area contributed by atoms with Crippen molar-refractivity contribution in [2.24, 2.45) is 0 Å². The first kappa shape index (κ1) is 21.2. The monoisotopic (exact) mass is 475 g/mol. The molecule has 0 radical (unpaired) electrons. The van der Waals surface area contributed by atoms with Crippen LogP contribution < -0.4 is 15.0 Å². The highest BCUT2D eigenvalue weighted by Crippen LogP contribution is 2.38. The normalized spacial score (nSPS) is 12.8. The summed E-state index contributed by atoms with van der Waals surface area (Å²) in [6.45, 7) is -0.228. The molecule has 33 heavy (non-hydrogen) atoms. The van der Waals surface area contributed by atoms with Crippen LogP contribution in [0.15, 0.2) is 78.2 Å². The van der Waals surface area contributed by atoms with Crippen LogP contribution in [0.25, 0.3) is 21.8 Å². The fourth-order valence-corrected chi connectivity index (χ4v) is 4.71. The van der Waals surface area contributed by atoms with Crippen LogP contribution in [0.5, 0.6) is 5.75 Å². The van der Waals surface area contributed by atoms with Crippen LogP contribution in [0.4, 0.5) is 11.4 Å². The van der Waals surface area contributed by atoms with E-state index < -0.39 is 0 Å². The Morgan fingerprint density at radius 1 is 1.09 bits per heavy atom. The first-order valence-electron chi connectivity index (χ1n) is 10.2. The summed E-state index contributed by atoms with van der Waals surface area (Å²) in [5.74, 6) is -0.0206. The SMILES string of the molecule is O=C(CN1C(=O)COc2ccc(-c3csc(-c4ccccc4Cl)n3)cc21)Nc1ccccc1. The van der Waals surface area contributed by atoms with Crippen LogP contribution in [-0.2, 0) is 9.59 Å². The van der Waals surface area contributed by atoms with E-state index in [0.29, 0.717) is 22.1 Å². The molecule has 6 nitrogen and oxygen atoms in total. The minimum absolute atomic E-state index is 0.113. The van der Waals surface area contributed by atoms with Crippen molar-refractivity contribution in [1.29, 1.82) is 0 Å². The average molecular weight is 476 g/mol. The van der Waals surface area contributed by atoms with Crippen LogP contribution in [0.3, 0.4) is 0 Å². The van der Waals surface area contributed by atoms with E-state index in [1.165, 1.54) is 16.2 Å². The molecule has 1 aliphatic rings. The Hall–Kier alpha value is -3.68. The van der Waals surface area contributed by atoms with Gasteiger partial charge in [-0.3, -0.25) is 14.5 Å². The second-order valence-electron chi connectivity index (χ2n) is 7.38. The Balaban J connectivity index is 1.42. The number of rotatable bonds is 5. The fraction of sp³-hybridized carbons (Fsp3) is 0.0800. The van der Waals surface area contributed by atoms with Crippen LogP contribution in [-0.4, -0.2) is 29.9 Å². The first-order chi connectivity index (χ1) is 16.1. The fourth-order valence-electron chi connectivity index (χ4n) is 3.57. The molecule has 1 aliphatic heterocycles. The molecule has 2 heterocycles. The van der Waals surface area contributed by atoms with Gasteiger partial charge in [-0.05, 0) is 36.4 Å². The van der Waals surface area contributed by atoms with Gasteiger partial charge in [0.05, 0.1) is 16.4 Å². The molecule has 3 aromatic carbocycles. The lowest BCUT2D eigenvalue weighted by Gasteiger charge is -2.29. The van der Waals surface area contributed by atoms with Crippen molar-refractivity contribution >= 4 is 46.1 Å². The number of amides is 2. The van der Waals surface area contributed by atoms with E-state index in [4.69, 9.17) is 21.3 Å². The number of anilines is 2. The maximum Gasteiger partial charge on any atom is 0.265 e. The summed E-state index contributed by atoms with van der Waals surface area (Å²) in [6.07, 6.45) is 0. The molecule has 0 fully saturated rings. The summed E-state index contributed by atoms with van der Waals surface area (Å²) in [5, 5.41) is 6.20. The second kappa shape index (κ2) is 9.05. The largest absolute Gasteiger partial charge is 0.482 e. The van der Waals surface area contributed by atoms with Gasteiger partial charge in [0.1, 0.15) is 17.3 Å². The molecule has 0 bridgehead atoms. The van der Waals surface area contributed by atoms with Gasteiger partial charge < -0.3 is 10.1 Å². The first-order valence-corrected chi connectivity index (χ1v) is 11.5. The molecule has 0 unspecified atom stereocenters. The summed E-state index contributed by atoms with van der Waals surface area (Å²) in [6, 6.07) is 22.2. The molecule has 5 rings (SSSR count).